The van der Waals surface area contributed by atoms with Gasteiger partial charge in [-0.2, -0.15) is 0 Å². The summed E-state index contributed by atoms with van der Waals surface area (Å²) < 4.78 is 10.5. The lowest BCUT2D eigenvalue weighted by Crippen LogP contribution is -2.31. The van der Waals surface area contributed by atoms with Gasteiger partial charge in [0.25, 0.3) is 5.91 Å². The molecule has 12 nitrogen and oxygen atoms in total. The SMILES string of the molecule is COc1ccc(-c2ncc3c(n2)-c2[nH]c4c(c2CC3)/C(=N\O)C2CC42)cc1.COc1ccc(-c2ncc3c(n2)-c2[nH]c4c(c2CC3)C(=O)NC2CC42)cc1. The molecule has 2 fully saturated rings. The number of benzene rings is 2. The van der Waals surface area contributed by atoms with Crippen molar-refractivity contribution in [2.24, 2.45) is 11.1 Å². The molecule has 0 spiro atoms. The Labute approximate surface area is 310 Å². The Kier molecular flexibility index (Phi) is 6.71. The number of carbonyl (C=O) groups excluding carboxylic acids is 1. The number of aromatic nitrogens is 6. The Balaban J connectivity index is 0.000000126. The van der Waals surface area contributed by atoms with Gasteiger partial charge in [-0.3, -0.25) is 4.79 Å². The average Bonchev–Trinajstić information content (AvgIpc) is 4.07. The van der Waals surface area contributed by atoms with Crippen molar-refractivity contribution in [1.82, 2.24) is 35.2 Å². The van der Waals surface area contributed by atoms with E-state index < -0.39 is 0 Å². The third-order valence-corrected chi connectivity index (χ3v) is 12.0. The van der Waals surface area contributed by atoms with Crippen LogP contribution in [-0.2, 0) is 25.7 Å². The summed E-state index contributed by atoms with van der Waals surface area (Å²) in [6.45, 7) is 0. The molecule has 2 aromatic carbocycles. The first-order valence-corrected chi connectivity index (χ1v) is 18.5. The zero-order chi connectivity index (χ0) is 36.2. The lowest BCUT2D eigenvalue weighted by molar-refractivity contribution is 0.0943. The van der Waals surface area contributed by atoms with E-state index in [-0.39, 0.29) is 5.91 Å². The molecule has 1 amide bonds. The van der Waals surface area contributed by atoms with E-state index in [0.717, 1.165) is 123 Å². The maximum atomic E-state index is 12.5. The molecule has 0 saturated heterocycles. The van der Waals surface area contributed by atoms with Gasteiger partial charge >= 0.3 is 0 Å². The molecule has 0 radical (unpaired) electrons. The Bertz CT molecular complexity index is 2570. The third kappa shape index (κ3) is 4.68. The van der Waals surface area contributed by atoms with E-state index in [1.165, 1.54) is 11.3 Å². The fraction of sp³-hybridized carbons (Fsp3) is 0.286. The fourth-order valence-electron chi connectivity index (χ4n) is 9.06. The molecule has 0 bridgehead atoms. The predicted molar refractivity (Wildman–Crippen MR) is 200 cm³/mol. The van der Waals surface area contributed by atoms with Gasteiger partial charge in [-0.05, 0) is 109 Å². The second kappa shape index (κ2) is 11.6. The van der Waals surface area contributed by atoms with Crippen molar-refractivity contribution in [2.75, 3.05) is 14.2 Å². The zero-order valence-electron chi connectivity index (χ0n) is 29.7. The summed E-state index contributed by atoms with van der Waals surface area (Å²) in [6.07, 6.45) is 9.52. The van der Waals surface area contributed by atoms with Gasteiger partial charge in [0.15, 0.2) is 11.6 Å². The number of H-pyrrole nitrogens is 2. The average molecular weight is 717 g/mol. The van der Waals surface area contributed by atoms with E-state index in [4.69, 9.17) is 19.4 Å². The lowest BCUT2D eigenvalue weighted by atomic mass is 9.91. The number of fused-ring (bicyclic) bond motifs is 14. The maximum absolute atomic E-state index is 12.5. The molecule has 6 aromatic rings. The largest absolute Gasteiger partial charge is 0.497 e. The Hall–Kier alpha value is -6.30. The minimum absolute atomic E-state index is 0.0640. The van der Waals surface area contributed by atoms with Gasteiger partial charge in [0.1, 0.15) is 11.5 Å². The summed E-state index contributed by atoms with van der Waals surface area (Å²) in [4.78, 5) is 38.6. The topological polar surface area (TPSA) is 163 Å². The van der Waals surface area contributed by atoms with Crippen molar-refractivity contribution < 1.29 is 19.5 Å². The predicted octanol–water partition coefficient (Wildman–Crippen LogP) is 6.39. The van der Waals surface area contributed by atoms with E-state index in [1.54, 1.807) is 14.2 Å². The number of ether oxygens (including phenoxy) is 2. The third-order valence-electron chi connectivity index (χ3n) is 12.0. The number of nitrogens with one attached hydrogen (secondary N) is 3. The second-order valence-corrected chi connectivity index (χ2v) is 15.0. The summed E-state index contributed by atoms with van der Waals surface area (Å²) in [6, 6.07) is 15.9. The van der Waals surface area contributed by atoms with Crippen LogP contribution < -0.4 is 14.8 Å². The molecule has 268 valence electrons. The summed E-state index contributed by atoms with van der Waals surface area (Å²) in [5.41, 5.74) is 15.7. The summed E-state index contributed by atoms with van der Waals surface area (Å²) in [5.74, 6) is 4.41. The molecular formula is C42H36N8O4. The molecule has 5 aliphatic carbocycles. The molecule has 4 atom stereocenters. The molecule has 54 heavy (non-hydrogen) atoms. The highest BCUT2D eigenvalue weighted by atomic mass is 16.5. The summed E-state index contributed by atoms with van der Waals surface area (Å²) in [5, 5.41) is 16.2. The first kappa shape index (κ1) is 31.2. The van der Waals surface area contributed by atoms with Crippen LogP contribution >= 0.6 is 0 Å². The monoisotopic (exact) mass is 716 g/mol. The van der Waals surface area contributed by atoms with Gasteiger partial charge in [0, 0.05) is 64.3 Å². The van der Waals surface area contributed by atoms with E-state index in [9.17, 15) is 10.0 Å². The van der Waals surface area contributed by atoms with E-state index in [0.29, 0.717) is 35.4 Å². The van der Waals surface area contributed by atoms with Gasteiger partial charge in [0.05, 0.1) is 48.3 Å². The van der Waals surface area contributed by atoms with E-state index >= 15 is 0 Å². The molecule has 2 saturated carbocycles. The minimum Gasteiger partial charge on any atom is -0.497 e. The van der Waals surface area contributed by atoms with Crippen molar-refractivity contribution >= 4 is 11.6 Å². The van der Waals surface area contributed by atoms with Crippen LogP contribution in [0.3, 0.4) is 0 Å². The number of rotatable bonds is 4. The van der Waals surface area contributed by atoms with E-state index in [2.05, 4.69) is 30.4 Å². The highest BCUT2D eigenvalue weighted by molar-refractivity contribution is 6.11. The molecule has 4 unspecified atom stereocenters. The van der Waals surface area contributed by atoms with Crippen molar-refractivity contribution in [3.8, 4) is 57.1 Å². The molecule has 12 rings (SSSR count). The van der Waals surface area contributed by atoms with Gasteiger partial charge < -0.3 is 30.0 Å². The highest BCUT2D eigenvalue weighted by Gasteiger charge is 2.54. The number of amides is 1. The molecule has 4 aromatic heterocycles. The Morgan fingerprint density at radius 3 is 1.76 bits per heavy atom. The number of aryl methyl sites for hydroxylation is 2. The second-order valence-electron chi connectivity index (χ2n) is 15.0. The lowest BCUT2D eigenvalue weighted by Gasteiger charge is -2.17. The molecule has 12 heteroatoms. The standard InChI is InChI=1S/2C21H18N4O2/c1-27-12-5-2-10(3-6-12)21-22-9-11-4-7-13-16-18(23-20(13)17(11)24-21)14-8-15(14)19(16)25-26;1-27-12-5-2-10(3-6-12)20-22-9-11-4-7-13-16-18(24-19(13)17(11)25-20)14-8-15(14)23-21(16)26/h2-3,5-6,9,14-15,23,26H,4,7-8H2,1H3;2-3,5-6,9,14-15,24H,4,7-8H2,1H3,(H,23,26)/b25-19-;. The van der Waals surface area contributed by atoms with Gasteiger partial charge in [-0.15, -0.1) is 0 Å². The highest BCUT2D eigenvalue weighted by Crippen LogP contribution is 2.58. The van der Waals surface area contributed by atoms with Crippen LogP contribution in [0.2, 0.25) is 0 Å². The van der Waals surface area contributed by atoms with Crippen LogP contribution in [0.5, 0.6) is 11.5 Å². The van der Waals surface area contributed by atoms with Gasteiger partial charge in [-0.25, -0.2) is 19.9 Å². The molecule has 4 N–H and O–H groups in total. The number of hydrogen-bond acceptors (Lipinski definition) is 9. The number of nitrogens with zero attached hydrogens (tertiary/aromatic N) is 5. The van der Waals surface area contributed by atoms with Crippen molar-refractivity contribution in [2.45, 2.75) is 56.4 Å². The summed E-state index contributed by atoms with van der Waals surface area (Å²) >= 11 is 0. The minimum atomic E-state index is 0.0640. The Morgan fingerprint density at radius 1 is 0.685 bits per heavy atom. The molecule has 6 aliphatic rings. The first-order chi connectivity index (χ1) is 26.5. The number of aromatic amines is 2. The molecule has 5 heterocycles. The molecular weight excluding hydrogens is 681 g/mol. The number of hydrogen-bond donors (Lipinski definition) is 4. The van der Waals surface area contributed by atoms with Crippen molar-refractivity contribution in [1.29, 1.82) is 0 Å². The first-order valence-electron chi connectivity index (χ1n) is 18.5. The quantitative estimate of drug-likeness (QED) is 0.121. The van der Waals surface area contributed by atoms with Crippen LogP contribution in [-0.4, -0.2) is 67.0 Å². The van der Waals surface area contributed by atoms with E-state index in [1.807, 2.05) is 60.9 Å². The van der Waals surface area contributed by atoms with Crippen LogP contribution in [0.4, 0.5) is 0 Å². The number of oxime groups is 1. The number of carbonyl (C=O) groups is 1. The smallest absolute Gasteiger partial charge is 0.253 e. The Morgan fingerprint density at radius 2 is 1.22 bits per heavy atom. The maximum Gasteiger partial charge on any atom is 0.253 e. The number of methoxy groups -OCH3 is 2. The van der Waals surface area contributed by atoms with Crippen molar-refractivity contribution in [3.05, 3.63) is 106 Å². The van der Waals surface area contributed by atoms with Crippen LogP contribution in [0.25, 0.3) is 45.6 Å². The zero-order valence-corrected chi connectivity index (χ0v) is 29.7. The normalized spacial score (nSPS) is 22.1. The van der Waals surface area contributed by atoms with Crippen LogP contribution in [0, 0.1) is 5.92 Å². The van der Waals surface area contributed by atoms with Gasteiger partial charge in [0.2, 0.25) is 0 Å². The molecule has 1 aliphatic heterocycles. The van der Waals surface area contributed by atoms with Gasteiger partial charge in [-0.1, -0.05) is 5.16 Å². The fourth-order valence-corrected chi connectivity index (χ4v) is 9.06. The summed E-state index contributed by atoms with van der Waals surface area (Å²) in [7, 11) is 3.31. The van der Waals surface area contributed by atoms with Crippen LogP contribution in [0.15, 0.2) is 66.1 Å². The van der Waals surface area contributed by atoms with Crippen molar-refractivity contribution in [3.63, 3.8) is 0 Å². The van der Waals surface area contributed by atoms with Crippen LogP contribution in [0.1, 0.15) is 74.2 Å².